The molecule has 132 valence electrons. The van der Waals surface area contributed by atoms with E-state index in [0.717, 1.165) is 11.8 Å². The van der Waals surface area contributed by atoms with Crippen LogP contribution in [0.3, 0.4) is 0 Å². The van der Waals surface area contributed by atoms with Crippen molar-refractivity contribution in [3.8, 4) is 0 Å². The molecule has 1 saturated carbocycles. The van der Waals surface area contributed by atoms with Crippen molar-refractivity contribution in [1.82, 2.24) is 5.32 Å². The first kappa shape index (κ1) is 18.3. The number of amides is 1. The van der Waals surface area contributed by atoms with E-state index in [1.54, 1.807) is 19.1 Å². The van der Waals surface area contributed by atoms with Crippen LogP contribution in [-0.2, 0) is 14.8 Å². The molecule has 1 aliphatic rings. The summed E-state index contributed by atoms with van der Waals surface area (Å²) in [6.45, 7) is 1.75. The van der Waals surface area contributed by atoms with E-state index in [1.165, 1.54) is 6.07 Å². The third kappa shape index (κ3) is 4.95. The molecule has 2 rings (SSSR count). The molecule has 0 atom stereocenters. The van der Waals surface area contributed by atoms with Crippen LogP contribution in [0.25, 0.3) is 0 Å². The van der Waals surface area contributed by atoms with Gasteiger partial charge in [0, 0.05) is 11.6 Å². The van der Waals surface area contributed by atoms with Crippen LogP contribution in [0.5, 0.6) is 0 Å². The number of aliphatic carboxylic acids is 1. The number of carboxylic acid groups (broad SMARTS) is 1. The molecule has 0 radical (unpaired) electrons. The molecule has 0 aromatic heterocycles. The molecule has 0 heterocycles. The summed E-state index contributed by atoms with van der Waals surface area (Å²) in [5, 5.41) is 11.9. The Labute approximate surface area is 141 Å². The number of hydrogen-bond acceptors (Lipinski definition) is 4. The molecule has 3 N–H and O–H groups in total. The zero-order chi connectivity index (χ0) is 17.9. The van der Waals surface area contributed by atoms with E-state index in [2.05, 4.69) is 10.0 Å². The molecule has 0 aliphatic heterocycles. The Morgan fingerprint density at radius 1 is 1.17 bits per heavy atom. The van der Waals surface area contributed by atoms with Gasteiger partial charge in [-0.2, -0.15) is 0 Å². The first-order valence-corrected chi connectivity index (χ1v) is 9.67. The van der Waals surface area contributed by atoms with E-state index in [1.807, 2.05) is 0 Å². The van der Waals surface area contributed by atoms with Gasteiger partial charge < -0.3 is 10.4 Å². The Balaban J connectivity index is 2.03. The Hall–Kier alpha value is -2.09. The summed E-state index contributed by atoms with van der Waals surface area (Å²) in [6, 6.07) is 4.78. The van der Waals surface area contributed by atoms with E-state index < -0.39 is 16.0 Å². The van der Waals surface area contributed by atoms with Gasteiger partial charge in [-0.1, -0.05) is 6.07 Å². The number of carbonyl (C=O) groups is 2. The second-order valence-corrected chi connectivity index (χ2v) is 8.01. The third-order valence-corrected chi connectivity index (χ3v) is 4.80. The predicted molar refractivity (Wildman–Crippen MR) is 90.5 cm³/mol. The molecule has 8 heteroatoms. The van der Waals surface area contributed by atoms with Gasteiger partial charge in [-0.05, 0) is 50.3 Å². The van der Waals surface area contributed by atoms with Gasteiger partial charge in [-0.3, -0.25) is 14.3 Å². The lowest BCUT2D eigenvalue weighted by Gasteiger charge is -2.26. The highest BCUT2D eigenvalue weighted by atomic mass is 32.2. The molecule has 1 amide bonds. The number of carbonyl (C=O) groups excluding carboxylic acids is 1. The smallest absolute Gasteiger partial charge is 0.306 e. The lowest BCUT2D eigenvalue weighted by molar-refractivity contribution is -0.142. The summed E-state index contributed by atoms with van der Waals surface area (Å²) >= 11 is 0. The fourth-order valence-corrected chi connectivity index (χ4v) is 3.45. The van der Waals surface area contributed by atoms with E-state index in [4.69, 9.17) is 5.11 Å². The number of aryl methyl sites for hydroxylation is 1. The second-order valence-electron chi connectivity index (χ2n) is 6.26. The van der Waals surface area contributed by atoms with Crippen LogP contribution in [0, 0.1) is 12.8 Å². The Bertz CT molecular complexity index is 737. The number of sulfonamides is 1. The highest BCUT2D eigenvalue weighted by molar-refractivity contribution is 7.92. The monoisotopic (exact) mass is 354 g/mol. The molecule has 1 aliphatic carbocycles. The van der Waals surface area contributed by atoms with Gasteiger partial charge in [-0.25, -0.2) is 8.42 Å². The van der Waals surface area contributed by atoms with Crippen molar-refractivity contribution in [2.45, 2.75) is 38.6 Å². The second kappa shape index (κ2) is 7.21. The highest BCUT2D eigenvalue weighted by Crippen LogP contribution is 2.25. The van der Waals surface area contributed by atoms with Crippen molar-refractivity contribution in [3.63, 3.8) is 0 Å². The number of carboxylic acids is 1. The van der Waals surface area contributed by atoms with Crippen molar-refractivity contribution in [2.75, 3.05) is 11.0 Å². The van der Waals surface area contributed by atoms with E-state index in [0.29, 0.717) is 36.9 Å². The minimum atomic E-state index is -3.42. The minimum Gasteiger partial charge on any atom is -0.481 e. The minimum absolute atomic E-state index is 0.0549. The van der Waals surface area contributed by atoms with Gasteiger partial charge in [0.1, 0.15) is 0 Å². The predicted octanol–water partition coefficient (Wildman–Crippen LogP) is 1.74. The fraction of sp³-hybridized carbons (Fsp3) is 0.500. The number of anilines is 1. The van der Waals surface area contributed by atoms with E-state index in [-0.39, 0.29) is 17.9 Å². The lowest BCUT2D eigenvalue weighted by atomic mass is 9.86. The fourth-order valence-electron chi connectivity index (χ4n) is 2.83. The van der Waals surface area contributed by atoms with Crippen LogP contribution in [0.1, 0.15) is 41.6 Å². The zero-order valence-electron chi connectivity index (χ0n) is 13.7. The van der Waals surface area contributed by atoms with Crippen LogP contribution in [0.4, 0.5) is 5.69 Å². The maximum absolute atomic E-state index is 12.4. The number of rotatable bonds is 5. The van der Waals surface area contributed by atoms with Crippen LogP contribution >= 0.6 is 0 Å². The normalized spacial score (nSPS) is 21.1. The van der Waals surface area contributed by atoms with Gasteiger partial charge >= 0.3 is 5.97 Å². The third-order valence-electron chi connectivity index (χ3n) is 4.21. The molecule has 1 aromatic carbocycles. The first-order chi connectivity index (χ1) is 11.2. The summed E-state index contributed by atoms with van der Waals surface area (Å²) in [5.41, 5.74) is 1.46. The number of hydrogen-bond donors (Lipinski definition) is 3. The standard InChI is InChI=1S/C16H22N2O5S/c1-10-3-4-12(9-14(10)18-24(2,22)23)15(19)17-13-7-5-11(6-8-13)16(20)21/h3-4,9,11,13,18H,5-8H2,1-2H3,(H,17,19)(H,20,21). The SMILES string of the molecule is Cc1ccc(C(=O)NC2CCC(C(=O)O)CC2)cc1NS(C)(=O)=O. The summed E-state index contributed by atoms with van der Waals surface area (Å²) in [5.74, 6) is -1.40. The Morgan fingerprint density at radius 3 is 2.33 bits per heavy atom. The van der Waals surface area contributed by atoms with Gasteiger partial charge in [-0.15, -0.1) is 0 Å². The summed E-state index contributed by atoms with van der Waals surface area (Å²) < 4.78 is 25.1. The molecule has 1 aromatic rings. The molecule has 0 saturated heterocycles. The Morgan fingerprint density at radius 2 is 1.79 bits per heavy atom. The largest absolute Gasteiger partial charge is 0.481 e. The van der Waals surface area contributed by atoms with Crippen molar-refractivity contribution in [1.29, 1.82) is 0 Å². The molecular weight excluding hydrogens is 332 g/mol. The maximum Gasteiger partial charge on any atom is 0.306 e. The van der Waals surface area contributed by atoms with E-state index >= 15 is 0 Å². The summed E-state index contributed by atoms with van der Waals surface area (Å²) in [7, 11) is -3.42. The van der Waals surface area contributed by atoms with E-state index in [9.17, 15) is 18.0 Å². The van der Waals surface area contributed by atoms with Gasteiger partial charge in [0.25, 0.3) is 5.91 Å². The molecule has 7 nitrogen and oxygen atoms in total. The lowest BCUT2D eigenvalue weighted by Crippen LogP contribution is -2.38. The topological polar surface area (TPSA) is 113 Å². The summed E-state index contributed by atoms with van der Waals surface area (Å²) in [6.07, 6.45) is 3.41. The molecular formula is C16H22N2O5S. The highest BCUT2D eigenvalue weighted by Gasteiger charge is 2.27. The van der Waals surface area contributed by atoms with Crippen molar-refractivity contribution in [2.24, 2.45) is 5.92 Å². The number of benzene rings is 1. The first-order valence-electron chi connectivity index (χ1n) is 7.78. The quantitative estimate of drug-likeness (QED) is 0.745. The van der Waals surface area contributed by atoms with Crippen LogP contribution in [0.2, 0.25) is 0 Å². The van der Waals surface area contributed by atoms with Gasteiger partial charge in [0.15, 0.2) is 0 Å². The average molecular weight is 354 g/mol. The van der Waals surface area contributed by atoms with Crippen LogP contribution in [-0.4, -0.2) is 37.7 Å². The molecule has 24 heavy (non-hydrogen) atoms. The molecule has 0 spiro atoms. The molecule has 0 unspecified atom stereocenters. The number of nitrogens with one attached hydrogen (secondary N) is 2. The van der Waals surface area contributed by atoms with Crippen LogP contribution < -0.4 is 10.0 Å². The summed E-state index contributed by atoms with van der Waals surface area (Å²) in [4.78, 5) is 23.3. The molecule has 1 fully saturated rings. The van der Waals surface area contributed by atoms with Crippen molar-refractivity contribution >= 4 is 27.6 Å². The zero-order valence-corrected chi connectivity index (χ0v) is 14.5. The Kier molecular flexibility index (Phi) is 5.48. The van der Waals surface area contributed by atoms with Crippen molar-refractivity contribution < 1.29 is 23.1 Å². The van der Waals surface area contributed by atoms with Gasteiger partial charge in [0.2, 0.25) is 10.0 Å². The van der Waals surface area contributed by atoms with Crippen LogP contribution in [0.15, 0.2) is 18.2 Å². The van der Waals surface area contributed by atoms with Crippen molar-refractivity contribution in [3.05, 3.63) is 29.3 Å². The average Bonchev–Trinajstić information content (AvgIpc) is 2.48. The van der Waals surface area contributed by atoms with Gasteiger partial charge in [0.05, 0.1) is 17.9 Å². The molecule has 0 bridgehead atoms. The maximum atomic E-state index is 12.4.